The second kappa shape index (κ2) is 5.94. The summed E-state index contributed by atoms with van der Waals surface area (Å²) in [4.78, 5) is 22.7. The quantitative estimate of drug-likeness (QED) is 0.482. The third kappa shape index (κ3) is 3.18. The van der Waals surface area contributed by atoms with Crippen molar-refractivity contribution in [3.8, 4) is 0 Å². The van der Waals surface area contributed by atoms with Gasteiger partial charge < -0.3 is 4.74 Å². The van der Waals surface area contributed by atoms with E-state index >= 15 is 0 Å². The van der Waals surface area contributed by atoms with Crippen molar-refractivity contribution in [2.75, 3.05) is 12.9 Å². The Kier molecular flexibility index (Phi) is 4.28. The maximum atomic E-state index is 11.4. The highest BCUT2D eigenvalue weighted by molar-refractivity contribution is 8.23. The van der Waals surface area contributed by atoms with Gasteiger partial charge >= 0.3 is 5.97 Å². The van der Waals surface area contributed by atoms with E-state index in [0.717, 1.165) is 5.56 Å². The van der Waals surface area contributed by atoms with Crippen LogP contribution in [0.3, 0.4) is 0 Å². The van der Waals surface area contributed by atoms with Crippen LogP contribution in [0.25, 0.3) is 0 Å². The smallest absolute Gasteiger partial charge is 0.337 e. The monoisotopic (exact) mass is 294 g/mol. The number of amides is 1. The number of hydrogen-bond donors (Lipinski definition) is 0. The van der Waals surface area contributed by atoms with Crippen LogP contribution in [0.15, 0.2) is 29.4 Å². The zero-order valence-corrected chi connectivity index (χ0v) is 11.7. The lowest BCUT2D eigenvalue weighted by Crippen LogP contribution is -2.22. The van der Waals surface area contributed by atoms with Gasteiger partial charge in [0.05, 0.1) is 24.6 Å². The lowest BCUT2D eigenvalue weighted by atomic mass is 10.1. The van der Waals surface area contributed by atoms with Crippen LogP contribution in [0.4, 0.5) is 0 Å². The molecule has 1 heterocycles. The summed E-state index contributed by atoms with van der Waals surface area (Å²) in [6, 6.07) is 6.69. The summed E-state index contributed by atoms with van der Waals surface area (Å²) in [5, 5.41) is 5.23. The third-order valence-electron chi connectivity index (χ3n) is 2.38. The summed E-state index contributed by atoms with van der Waals surface area (Å²) in [7, 11) is 1.33. The van der Waals surface area contributed by atoms with Crippen LogP contribution >= 0.6 is 24.0 Å². The predicted molar refractivity (Wildman–Crippen MR) is 77.3 cm³/mol. The SMILES string of the molecule is COC(=O)c1ccc(/C=N\N2C(=O)CSC2=S)cc1. The molecule has 1 aliphatic heterocycles. The highest BCUT2D eigenvalue weighted by Gasteiger charge is 2.25. The van der Waals surface area contributed by atoms with Crippen LogP contribution < -0.4 is 0 Å². The molecule has 19 heavy (non-hydrogen) atoms. The molecule has 0 N–H and O–H groups in total. The van der Waals surface area contributed by atoms with E-state index < -0.39 is 5.97 Å². The van der Waals surface area contributed by atoms with Crippen molar-refractivity contribution in [1.82, 2.24) is 5.01 Å². The fourth-order valence-electron chi connectivity index (χ4n) is 1.41. The molecular formula is C12H10N2O3S2. The van der Waals surface area contributed by atoms with E-state index in [1.807, 2.05) is 0 Å². The minimum atomic E-state index is -0.393. The van der Waals surface area contributed by atoms with E-state index in [9.17, 15) is 9.59 Å². The van der Waals surface area contributed by atoms with E-state index in [4.69, 9.17) is 12.2 Å². The number of thioether (sulfide) groups is 1. The molecule has 1 aromatic rings. The standard InChI is InChI=1S/C12H10N2O3S2/c1-17-11(16)9-4-2-8(3-5-9)6-13-14-10(15)7-19-12(14)18/h2-6H,7H2,1H3/b13-6-. The molecular weight excluding hydrogens is 284 g/mol. The highest BCUT2D eigenvalue weighted by atomic mass is 32.2. The number of hydrogen-bond acceptors (Lipinski definition) is 6. The van der Waals surface area contributed by atoms with Crippen LogP contribution in [0.2, 0.25) is 0 Å². The fraction of sp³-hybridized carbons (Fsp3) is 0.167. The summed E-state index contributed by atoms with van der Waals surface area (Å²) in [6.45, 7) is 0. The number of rotatable bonds is 3. The van der Waals surface area contributed by atoms with Gasteiger partial charge in [0.2, 0.25) is 0 Å². The molecule has 0 atom stereocenters. The molecule has 1 aromatic carbocycles. The molecule has 1 amide bonds. The molecule has 0 aromatic heterocycles. The molecule has 1 aliphatic rings. The summed E-state index contributed by atoms with van der Waals surface area (Å²) in [6.07, 6.45) is 1.52. The first-order valence-electron chi connectivity index (χ1n) is 5.34. The first-order chi connectivity index (χ1) is 9.11. The van der Waals surface area contributed by atoms with Crippen molar-refractivity contribution >= 4 is 46.4 Å². The third-order valence-corrected chi connectivity index (χ3v) is 3.72. The molecule has 0 spiro atoms. The van der Waals surface area contributed by atoms with E-state index in [0.29, 0.717) is 15.6 Å². The Morgan fingerprint density at radius 2 is 2.16 bits per heavy atom. The molecule has 1 fully saturated rings. The van der Waals surface area contributed by atoms with E-state index in [1.54, 1.807) is 24.3 Å². The molecule has 0 aliphatic carbocycles. The van der Waals surface area contributed by atoms with Gasteiger partial charge in [-0.15, -0.1) is 0 Å². The Labute approximate surface area is 119 Å². The first kappa shape index (κ1) is 13.7. The van der Waals surface area contributed by atoms with Crippen molar-refractivity contribution in [2.45, 2.75) is 0 Å². The summed E-state index contributed by atoms with van der Waals surface area (Å²) in [5.41, 5.74) is 1.23. The van der Waals surface area contributed by atoms with Crippen LogP contribution in [0, 0.1) is 0 Å². The molecule has 0 radical (unpaired) electrons. The average molecular weight is 294 g/mol. The molecule has 1 saturated heterocycles. The summed E-state index contributed by atoms with van der Waals surface area (Å²) >= 11 is 6.29. The van der Waals surface area contributed by atoms with E-state index in [1.165, 1.54) is 30.1 Å². The molecule has 7 heteroatoms. The summed E-state index contributed by atoms with van der Waals surface area (Å²) in [5.74, 6) is -0.189. The van der Waals surface area contributed by atoms with Crippen molar-refractivity contribution in [3.63, 3.8) is 0 Å². The number of esters is 1. The second-order valence-corrected chi connectivity index (χ2v) is 5.23. The topological polar surface area (TPSA) is 59.0 Å². The van der Waals surface area contributed by atoms with Crippen molar-refractivity contribution in [1.29, 1.82) is 0 Å². The van der Waals surface area contributed by atoms with Crippen LogP contribution in [0.5, 0.6) is 0 Å². The minimum Gasteiger partial charge on any atom is -0.465 e. The fourth-order valence-corrected chi connectivity index (χ4v) is 2.37. The Bertz CT molecular complexity index is 539. The van der Waals surface area contributed by atoms with E-state index in [2.05, 4.69) is 9.84 Å². The van der Waals surface area contributed by atoms with Crippen LogP contribution in [0.1, 0.15) is 15.9 Å². The Morgan fingerprint density at radius 3 is 2.68 bits per heavy atom. The molecule has 2 rings (SSSR count). The van der Waals surface area contributed by atoms with Gasteiger partial charge in [0.25, 0.3) is 5.91 Å². The van der Waals surface area contributed by atoms with Gasteiger partial charge in [0.15, 0.2) is 4.32 Å². The second-order valence-electron chi connectivity index (χ2n) is 3.62. The zero-order valence-electron chi connectivity index (χ0n) is 10.0. The number of carbonyl (C=O) groups is 2. The van der Waals surface area contributed by atoms with Crippen LogP contribution in [-0.2, 0) is 9.53 Å². The summed E-state index contributed by atoms with van der Waals surface area (Å²) < 4.78 is 5.05. The number of methoxy groups -OCH3 is 1. The van der Waals surface area contributed by atoms with Gasteiger partial charge in [0, 0.05) is 0 Å². The highest BCUT2D eigenvalue weighted by Crippen LogP contribution is 2.19. The first-order valence-corrected chi connectivity index (χ1v) is 6.73. The zero-order chi connectivity index (χ0) is 13.8. The van der Waals surface area contributed by atoms with Gasteiger partial charge in [-0.2, -0.15) is 10.1 Å². The van der Waals surface area contributed by atoms with Crippen LogP contribution in [-0.4, -0.2) is 40.3 Å². The van der Waals surface area contributed by atoms with Crippen molar-refractivity contribution in [2.24, 2.45) is 5.10 Å². The van der Waals surface area contributed by atoms with Crippen molar-refractivity contribution < 1.29 is 14.3 Å². The molecule has 5 nitrogen and oxygen atoms in total. The number of benzene rings is 1. The minimum absolute atomic E-state index is 0.127. The van der Waals surface area contributed by atoms with Crippen molar-refractivity contribution in [3.05, 3.63) is 35.4 Å². The normalized spacial score (nSPS) is 15.3. The number of carbonyl (C=O) groups excluding carboxylic acids is 2. The van der Waals surface area contributed by atoms with Gasteiger partial charge in [-0.25, -0.2) is 4.79 Å². The van der Waals surface area contributed by atoms with Gasteiger partial charge in [-0.05, 0) is 17.7 Å². The molecule has 0 saturated carbocycles. The Balaban J connectivity index is 2.09. The largest absolute Gasteiger partial charge is 0.465 e. The van der Waals surface area contributed by atoms with Gasteiger partial charge in [-0.1, -0.05) is 36.1 Å². The maximum Gasteiger partial charge on any atom is 0.337 e. The number of thiocarbonyl (C=S) groups is 1. The lowest BCUT2D eigenvalue weighted by molar-refractivity contribution is -0.123. The Hall–Kier alpha value is -1.73. The number of hydrazone groups is 1. The average Bonchev–Trinajstić information content (AvgIpc) is 2.75. The Morgan fingerprint density at radius 1 is 1.47 bits per heavy atom. The maximum absolute atomic E-state index is 11.4. The number of nitrogens with zero attached hydrogens (tertiary/aromatic N) is 2. The lowest BCUT2D eigenvalue weighted by Gasteiger charge is -2.06. The predicted octanol–water partition coefficient (Wildman–Crippen LogP) is 1.67. The molecule has 0 bridgehead atoms. The molecule has 0 unspecified atom stereocenters. The number of ether oxygens (including phenoxy) is 1. The van der Waals surface area contributed by atoms with Gasteiger partial charge in [0.1, 0.15) is 0 Å². The van der Waals surface area contributed by atoms with Gasteiger partial charge in [-0.3, -0.25) is 4.79 Å². The molecule has 98 valence electrons. The van der Waals surface area contributed by atoms with E-state index in [-0.39, 0.29) is 5.91 Å².